The molecule has 1 unspecified atom stereocenters. The highest BCUT2D eigenvalue weighted by Crippen LogP contribution is 2.17. The molecular formula is C7H10N2O4S. The summed E-state index contributed by atoms with van der Waals surface area (Å²) < 4.78 is 30.5. The molecule has 1 amide bonds. The van der Waals surface area contributed by atoms with Gasteiger partial charge in [-0.05, 0) is 6.08 Å². The fourth-order valence-electron chi connectivity index (χ4n) is 1.12. The molecule has 1 rings (SSSR count). The van der Waals surface area contributed by atoms with E-state index in [1.54, 1.807) is 7.05 Å². The van der Waals surface area contributed by atoms with E-state index in [9.17, 15) is 13.2 Å². The SMILES string of the molecule is CN1C=CC(S(=O)(=O)O)C(C(N)=O)=C1. The number of carbonyl (C=O) groups excluding carboxylic acids is 1. The lowest BCUT2D eigenvalue weighted by atomic mass is 10.1. The number of nitrogens with two attached hydrogens (primary N) is 1. The predicted octanol–water partition coefficient (Wildman–Crippen LogP) is -0.929. The normalized spacial score (nSPS) is 22.0. The molecule has 0 aliphatic carbocycles. The molecule has 0 saturated carbocycles. The number of nitrogens with zero attached hydrogens (tertiary/aromatic N) is 1. The van der Waals surface area contributed by atoms with Gasteiger partial charge >= 0.3 is 0 Å². The third kappa shape index (κ3) is 2.12. The molecular weight excluding hydrogens is 208 g/mol. The highest BCUT2D eigenvalue weighted by atomic mass is 32.2. The Morgan fingerprint density at radius 3 is 2.64 bits per heavy atom. The molecule has 0 bridgehead atoms. The van der Waals surface area contributed by atoms with Gasteiger partial charge in [0.2, 0.25) is 5.91 Å². The van der Waals surface area contributed by atoms with Gasteiger partial charge in [-0.15, -0.1) is 0 Å². The second-order valence-electron chi connectivity index (χ2n) is 2.89. The van der Waals surface area contributed by atoms with Crippen LogP contribution < -0.4 is 5.73 Å². The van der Waals surface area contributed by atoms with Crippen LogP contribution >= 0.6 is 0 Å². The van der Waals surface area contributed by atoms with E-state index in [-0.39, 0.29) is 5.57 Å². The van der Waals surface area contributed by atoms with Gasteiger partial charge in [-0.2, -0.15) is 8.42 Å². The molecule has 0 fully saturated rings. The van der Waals surface area contributed by atoms with Crippen molar-refractivity contribution in [3.63, 3.8) is 0 Å². The van der Waals surface area contributed by atoms with Gasteiger partial charge in [-0.25, -0.2) is 0 Å². The van der Waals surface area contributed by atoms with E-state index < -0.39 is 21.3 Å². The Morgan fingerprint density at radius 1 is 1.64 bits per heavy atom. The second kappa shape index (κ2) is 3.43. The van der Waals surface area contributed by atoms with Gasteiger partial charge < -0.3 is 10.6 Å². The first-order valence-corrected chi connectivity index (χ1v) is 5.21. The van der Waals surface area contributed by atoms with Crippen LogP contribution in [-0.4, -0.2) is 36.1 Å². The fraction of sp³-hybridized carbons (Fsp3) is 0.286. The Morgan fingerprint density at radius 2 is 2.21 bits per heavy atom. The first kappa shape index (κ1) is 10.7. The summed E-state index contributed by atoms with van der Waals surface area (Å²) in [6, 6.07) is 0. The Bertz CT molecular complexity index is 409. The Labute approximate surface area is 81.4 Å². The molecule has 7 heteroatoms. The smallest absolute Gasteiger partial charge is 0.275 e. The van der Waals surface area contributed by atoms with Crippen molar-refractivity contribution in [2.24, 2.45) is 5.73 Å². The largest absolute Gasteiger partial charge is 0.366 e. The Hall–Kier alpha value is -1.34. The highest BCUT2D eigenvalue weighted by molar-refractivity contribution is 7.86. The number of hydrogen-bond donors (Lipinski definition) is 2. The number of carbonyl (C=O) groups is 1. The Kier molecular flexibility index (Phi) is 2.63. The van der Waals surface area contributed by atoms with Crippen LogP contribution in [0.2, 0.25) is 0 Å². The van der Waals surface area contributed by atoms with E-state index in [2.05, 4.69) is 0 Å². The van der Waals surface area contributed by atoms with Crippen molar-refractivity contribution < 1.29 is 17.8 Å². The van der Waals surface area contributed by atoms with Crippen molar-refractivity contribution >= 4 is 16.0 Å². The van der Waals surface area contributed by atoms with E-state index in [0.29, 0.717) is 0 Å². The summed E-state index contributed by atoms with van der Waals surface area (Å²) in [6.45, 7) is 0. The van der Waals surface area contributed by atoms with E-state index in [0.717, 1.165) is 0 Å². The summed E-state index contributed by atoms with van der Waals surface area (Å²) in [5, 5.41) is -1.36. The first-order valence-electron chi connectivity index (χ1n) is 3.70. The summed E-state index contributed by atoms with van der Waals surface area (Å²) in [5.41, 5.74) is 4.82. The molecule has 14 heavy (non-hydrogen) atoms. The number of hydrogen-bond acceptors (Lipinski definition) is 4. The van der Waals surface area contributed by atoms with Gasteiger partial charge in [0, 0.05) is 19.4 Å². The van der Waals surface area contributed by atoms with Crippen LogP contribution in [0.1, 0.15) is 0 Å². The molecule has 0 aromatic rings. The zero-order chi connectivity index (χ0) is 10.9. The van der Waals surface area contributed by atoms with Gasteiger partial charge in [0.25, 0.3) is 10.1 Å². The van der Waals surface area contributed by atoms with E-state index >= 15 is 0 Å². The minimum absolute atomic E-state index is 0.155. The first-order chi connectivity index (χ1) is 6.32. The maximum atomic E-state index is 10.9. The number of amides is 1. The van der Waals surface area contributed by atoms with Crippen molar-refractivity contribution in [3.05, 3.63) is 24.0 Å². The molecule has 1 atom stereocenters. The fourth-order valence-corrected chi connectivity index (χ4v) is 1.88. The van der Waals surface area contributed by atoms with Gasteiger partial charge in [0.1, 0.15) is 5.25 Å². The lowest BCUT2D eigenvalue weighted by Gasteiger charge is -2.20. The topological polar surface area (TPSA) is 101 Å². The monoisotopic (exact) mass is 218 g/mol. The van der Waals surface area contributed by atoms with Crippen molar-refractivity contribution in [2.45, 2.75) is 5.25 Å². The zero-order valence-electron chi connectivity index (χ0n) is 7.41. The average molecular weight is 218 g/mol. The molecule has 1 aliphatic heterocycles. The van der Waals surface area contributed by atoms with Crippen LogP contribution in [0.4, 0.5) is 0 Å². The third-order valence-electron chi connectivity index (χ3n) is 1.75. The molecule has 0 saturated heterocycles. The number of rotatable bonds is 2. The molecule has 78 valence electrons. The summed E-state index contributed by atoms with van der Waals surface area (Å²) in [7, 11) is -2.72. The van der Waals surface area contributed by atoms with Crippen molar-refractivity contribution in [1.29, 1.82) is 0 Å². The van der Waals surface area contributed by atoms with Crippen LogP contribution in [0.15, 0.2) is 24.0 Å². The number of primary amides is 1. The molecule has 1 heterocycles. The van der Waals surface area contributed by atoms with E-state index in [4.69, 9.17) is 10.3 Å². The van der Waals surface area contributed by atoms with Crippen molar-refractivity contribution in [2.75, 3.05) is 7.05 Å². The molecule has 0 aromatic carbocycles. The quantitative estimate of drug-likeness (QED) is 0.583. The average Bonchev–Trinajstić information content (AvgIpc) is 2.01. The van der Waals surface area contributed by atoms with Gasteiger partial charge in [0.15, 0.2) is 0 Å². The highest BCUT2D eigenvalue weighted by Gasteiger charge is 2.30. The van der Waals surface area contributed by atoms with E-state index in [1.165, 1.54) is 23.4 Å². The second-order valence-corrected chi connectivity index (χ2v) is 4.43. The summed E-state index contributed by atoms with van der Waals surface area (Å²) in [6.07, 6.45) is 3.88. The molecule has 3 N–H and O–H groups in total. The van der Waals surface area contributed by atoms with Crippen LogP contribution in [0.3, 0.4) is 0 Å². The van der Waals surface area contributed by atoms with Crippen LogP contribution in [0.25, 0.3) is 0 Å². The molecule has 0 spiro atoms. The standard InChI is InChI=1S/C7H10N2O4S/c1-9-3-2-6(14(11,12)13)5(4-9)7(8)10/h2-4,6H,1H3,(H2,8,10)(H,11,12,13). The van der Waals surface area contributed by atoms with Gasteiger partial charge in [-0.3, -0.25) is 9.35 Å². The van der Waals surface area contributed by atoms with Crippen molar-refractivity contribution in [1.82, 2.24) is 4.90 Å². The predicted molar refractivity (Wildman–Crippen MR) is 49.5 cm³/mol. The lowest BCUT2D eigenvalue weighted by Crippen LogP contribution is -2.33. The van der Waals surface area contributed by atoms with Crippen LogP contribution in [0.5, 0.6) is 0 Å². The summed E-state index contributed by atoms with van der Waals surface area (Å²) in [5.74, 6) is -0.871. The maximum Gasteiger partial charge on any atom is 0.275 e. The summed E-state index contributed by atoms with van der Waals surface area (Å²) in [4.78, 5) is 12.3. The lowest BCUT2D eigenvalue weighted by molar-refractivity contribution is -0.114. The third-order valence-corrected chi connectivity index (χ3v) is 2.80. The molecule has 6 nitrogen and oxygen atoms in total. The molecule has 1 aliphatic rings. The maximum absolute atomic E-state index is 10.9. The zero-order valence-corrected chi connectivity index (χ0v) is 8.23. The molecule has 0 aromatic heterocycles. The van der Waals surface area contributed by atoms with Crippen LogP contribution in [0, 0.1) is 0 Å². The van der Waals surface area contributed by atoms with E-state index in [1.807, 2.05) is 0 Å². The Balaban J connectivity index is 3.15. The minimum Gasteiger partial charge on any atom is -0.366 e. The molecule has 0 radical (unpaired) electrons. The van der Waals surface area contributed by atoms with Gasteiger partial charge in [-0.1, -0.05) is 0 Å². The van der Waals surface area contributed by atoms with Crippen molar-refractivity contribution in [3.8, 4) is 0 Å². The van der Waals surface area contributed by atoms with Crippen LogP contribution in [-0.2, 0) is 14.9 Å². The van der Waals surface area contributed by atoms with Gasteiger partial charge in [0.05, 0.1) is 5.57 Å². The summed E-state index contributed by atoms with van der Waals surface area (Å²) >= 11 is 0. The minimum atomic E-state index is -4.33.